The van der Waals surface area contributed by atoms with Crippen molar-refractivity contribution in [2.75, 3.05) is 44.2 Å². The number of pyridine rings is 1. The van der Waals surface area contributed by atoms with Gasteiger partial charge in [-0.2, -0.15) is 0 Å². The van der Waals surface area contributed by atoms with Gasteiger partial charge >= 0.3 is 6.03 Å². The molecule has 0 radical (unpaired) electrons. The Balaban J connectivity index is 1.36. The van der Waals surface area contributed by atoms with Gasteiger partial charge < -0.3 is 39.8 Å². The van der Waals surface area contributed by atoms with Crippen molar-refractivity contribution < 1.29 is 33.7 Å². The van der Waals surface area contributed by atoms with Gasteiger partial charge in [-0.25, -0.2) is 4.79 Å². The van der Waals surface area contributed by atoms with Gasteiger partial charge in [-0.05, 0) is 49.4 Å². The van der Waals surface area contributed by atoms with Gasteiger partial charge in [0, 0.05) is 60.5 Å². The molecule has 0 spiro atoms. The second kappa shape index (κ2) is 13.0. The quantitative estimate of drug-likeness (QED) is 0.381. The number of likely N-dealkylation sites (N-methyl/N-ethyl adjacent to an activating group) is 1. The molecule has 3 heterocycles. The standard InChI is InChI=1S/C31H35N5O7/c1-19-15-36(20(2)17-37)29(38)13-22-12-23(33-30(39)21-8-10-32-11-9-21)4-6-25(22)43-28(19)16-35(3)31(40)34-24-5-7-26-27(14-24)42-18-41-26/h4-12,14,19-20,28,37H,13,15-18H2,1-3H3,(H,33,39)(H,34,40)/t19-,20+,28+/m0/s1. The lowest BCUT2D eigenvalue weighted by molar-refractivity contribution is -0.134. The largest absolute Gasteiger partial charge is 0.488 e. The molecule has 12 heteroatoms. The van der Waals surface area contributed by atoms with Crippen LogP contribution in [0.1, 0.15) is 29.8 Å². The molecule has 1 aromatic heterocycles. The Morgan fingerprint density at radius 2 is 1.74 bits per heavy atom. The van der Waals surface area contributed by atoms with Gasteiger partial charge in [-0.15, -0.1) is 0 Å². The molecule has 4 amide bonds. The summed E-state index contributed by atoms with van der Waals surface area (Å²) in [6.07, 6.45) is 2.59. The van der Waals surface area contributed by atoms with Gasteiger partial charge in [-0.1, -0.05) is 6.92 Å². The Morgan fingerprint density at radius 1 is 1.05 bits per heavy atom. The van der Waals surface area contributed by atoms with Crippen LogP contribution in [0.15, 0.2) is 60.9 Å². The maximum absolute atomic E-state index is 13.5. The number of urea groups is 1. The number of aliphatic hydroxyl groups excluding tert-OH is 1. The van der Waals surface area contributed by atoms with Crippen molar-refractivity contribution in [2.24, 2.45) is 5.92 Å². The maximum atomic E-state index is 13.5. The van der Waals surface area contributed by atoms with Crippen LogP contribution in [0.4, 0.5) is 16.2 Å². The first-order chi connectivity index (χ1) is 20.7. The molecule has 2 aliphatic rings. The van der Waals surface area contributed by atoms with Crippen LogP contribution in [0.5, 0.6) is 17.2 Å². The fourth-order valence-corrected chi connectivity index (χ4v) is 4.98. The number of anilines is 2. The van der Waals surface area contributed by atoms with Gasteiger partial charge in [-0.3, -0.25) is 14.6 Å². The summed E-state index contributed by atoms with van der Waals surface area (Å²) >= 11 is 0. The molecule has 0 bridgehead atoms. The van der Waals surface area contributed by atoms with Gasteiger partial charge in [0.15, 0.2) is 11.5 Å². The predicted molar refractivity (Wildman–Crippen MR) is 158 cm³/mol. The molecule has 0 saturated heterocycles. The highest BCUT2D eigenvalue weighted by atomic mass is 16.7. The van der Waals surface area contributed by atoms with Crippen molar-refractivity contribution in [3.63, 3.8) is 0 Å². The summed E-state index contributed by atoms with van der Waals surface area (Å²) in [6.45, 7) is 4.22. The van der Waals surface area contributed by atoms with E-state index < -0.39 is 12.1 Å². The zero-order chi connectivity index (χ0) is 30.5. The minimum absolute atomic E-state index is 0.0124. The summed E-state index contributed by atoms with van der Waals surface area (Å²) < 4.78 is 17.2. The minimum Gasteiger partial charge on any atom is -0.488 e. The van der Waals surface area contributed by atoms with Crippen LogP contribution in [0.2, 0.25) is 0 Å². The van der Waals surface area contributed by atoms with E-state index in [1.807, 2.05) is 6.92 Å². The number of rotatable bonds is 7. The van der Waals surface area contributed by atoms with Crippen LogP contribution >= 0.6 is 0 Å². The number of carbonyl (C=O) groups excluding carboxylic acids is 3. The van der Waals surface area contributed by atoms with Crippen molar-refractivity contribution in [3.05, 3.63) is 72.1 Å². The molecule has 3 aromatic rings. The Labute approximate surface area is 249 Å². The van der Waals surface area contributed by atoms with E-state index >= 15 is 0 Å². The predicted octanol–water partition coefficient (Wildman–Crippen LogP) is 3.38. The van der Waals surface area contributed by atoms with Gasteiger partial charge in [0.2, 0.25) is 12.7 Å². The monoisotopic (exact) mass is 589 g/mol. The normalized spacial score (nSPS) is 18.3. The number of hydrogen-bond donors (Lipinski definition) is 3. The third-order valence-corrected chi connectivity index (χ3v) is 7.54. The molecule has 3 atom stereocenters. The number of nitrogens with zero attached hydrogens (tertiary/aromatic N) is 3. The van der Waals surface area contributed by atoms with Gasteiger partial charge in [0.25, 0.3) is 5.91 Å². The number of nitrogens with one attached hydrogen (secondary N) is 2. The molecule has 12 nitrogen and oxygen atoms in total. The first-order valence-electron chi connectivity index (χ1n) is 14.0. The summed E-state index contributed by atoms with van der Waals surface area (Å²) in [5.74, 6) is 0.977. The first kappa shape index (κ1) is 29.6. The van der Waals surface area contributed by atoms with E-state index in [0.29, 0.717) is 46.3 Å². The molecule has 0 saturated carbocycles. The van der Waals surface area contributed by atoms with Crippen LogP contribution in [0.3, 0.4) is 0 Å². The average Bonchev–Trinajstić information content (AvgIpc) is 3.49. The third-order valence-electron chi connectivity index (χ3n) is 7.54. The van der Waals surface area contributed by atoms with E-state index in [2.05, 4.69) is 15.6 Å². The zero-order valence-corrected chi connectivity index (χ0v) is 24.3. The number of fused-ring (bicyclic) bond motifs is 2. The molecule has 43 heavy (non-hydrogen) atoms. The second-order valence-electron chi connectivity index (χ2n) is 10.8. The number of hydrogen-bond acceptors (Lipinski definition) is 8. The lowest BCUT2D eigenvalue weighted by Crippen LogP contribution is -2.48. The van der Waals surface area contributed by atoms with E-state index in [1.165, 1.54) is 17.3 Å². The molecule has 2 aromatic carbocycles. The van der Waals surface area contributed by atoms with Crippen molar-refractivity contribution in [1.29, 1.82) is 0 Å². The molecule has 0 unspecified atom stereocenters. The van der Waals surface area contributed by atoms with Crippen LogP contribution in [-0.2, 0) is 11.2 Å². The second-order valence-corrected chi connectivity index (χ2v) is 10.8. The number of amides is 4. The van der Waals surface area contributed by atoms with Crippen LogP contribution in [0.25, 0.3) is 0 Å². The van der Waals surface area contributed by atoms with E-state index in [1.54, 1.807) is 67.4 Å². The zero-order valence-electron chi connectivity index (χ0n) is 24.3. The van der Waals surface area contributed by atoms with Crippen molar-refractivity contribution in [3.8, 4) is 17.2 Å². The summed E-state index contributed by atoms with van der Waals surface area (Å²) in [5, 5.41) is 15.6. The summed E-state index contributed by atoms with van der Waals surface area (Å²) in [5.41, 5.74) is 2.09. The molecular weight excluding hydrogens is 554 g/mol. The minimum atomic E-state index is -0.497. The SMILES string of the molecule is C[C@H](CO)N1C[C@H](C)[C@@H](CN(C)C(=O)Nc2ccc3c(c2)OCO3)Oc2ccc(NC(=O)c3ccncc3)cc2CC1=O. The van der Waals surface area contributed by atoms with Gasteiger partial charge in [0.1, 0.15) is 11.9 Å². The lowest BCUT2D eigenvalue weighted by atomic mass is 10.0. The fourth-order valence-electron chi connectivity index (χ4n) is 4.98. The molecule has 3 N–H and O–H groups in total. The highest BCUT2D eigenvalue weighted by Crippen LogP contribution is 2.34. The Bertz CT molecular complexity index is 1480. The van der Waals surface area contributed by atoms with E-state index in [4.69, 9.17) is 14.2 Å². The number of carbonyl (C=O) groups is 3. The van der Waals surface area contributed by atoms with E-state index in [0.717, 1.165) is 0 Å². The fraction of sp³-hybridized carbons (Fsp3) is 0.355. The van der Waals surface area contributed by atoms with E-state index in [9.17, 15) is 19.5 Å². The van der Waals surface area contributed by atoms with Crippen LogP contribution in [-0.4, -0.2) is 83.4 Å². The van der Waals surface area contributed by atoms with Crippen molar-refractivity contribution in [1.82, 2.24) is 14.8 Å². The number of aliphatic hydroxyl groups is 1. The molecule has 0 aliphatic carbocycles. The van der Waals surface area contributed by atoms with E-state index in [-0.39, 0.29) is 50.1 Å². The number of aromatic nitrogens is 1. The smallest absolute Gasteiger partial charge is 0.321 e. The molecule has 5 rings (SSSR count). The Hall–Kier alpha value is -4.84. The Morgan fingerprint density at radius 3 is 2.49 bits per heavy atom. The molecule has 0 fully saturated rings. The molecular formula is C31H35N5O7. The highest BCUT2D eigenvalue weighted by molar-refractivity contribution is 6.04. The first-order valence-corrected chi connectivity index (χ1v) is 14.0. The topological polar surface area (TPSA) is 143 Å². The van der Waals surface area contributed by atoms with Crippen LogP contribution < -0.4 is 24.8 Å². The number of benzene rings is 2. The lowest BCUT2D eigenvalue weighted by Gasteiger charge is -2.34. The third kappa shape index (κ3) is 6.97. The van der Waals surface area contributed by atoms with Crippen molar-refractivity contribution >= 4 is 29.2 Å². The van der Waals surface area contributed by atoms with Crippen molar-refractivity contribution in [2.45, 2.75) is 32.4 Å². The Kier molecular flexibility index (Phi) is 8.96. The number of ether oxygens (including phenoxy) is 3. The van der Waals surface area contributed by atoms with Gasteiger partial charge in [0.05, 0.1) is 25.6 Å². The van der Waals surface area contributed by atoms with Crippen LogP contribution in [0, 0.1) is 5.92 Å². The summed E-state index contributed by atoms with van der Waals surface area (Å²) in [6, 6.07) is 12.8. The summed E-state index contributed by atoms with van der Waals surface area (Å²) in [4.78, 5) is 46.5. The summed E-state index contributed by atoms with van der Waals surface area (Å²) in [7, 11) is 1.67. The molecule has 2 aliphatic heterocycles. The average molecular weight is 590 g/mol. The maximum Gasteiger partial charge on any atom is 0.321 e. The highest BCUT2D eigenvalue weighted by Gasteiger charge is 2.32. The molecule has 226 valence electrons.